The number of quaternary nitrogens is 1. The summed E-state index contributed by atoms with van der Waals surface area (Å²) in [6.45, 7) is 8.80. The van der Waals surface area contributed by atoms with E-state index >= 15 is 0 Å². The third-order valence-corrected chi connectivity index (χ3v) is 9.47. The summed E-state index contributed by atoms with van der Waals surface area (Å²) in [6.07, 6.45) is 30.1. The van der Waals surface area contributed by atoms with Crippen LogP contribution in [0.5, 0.6) is 0 Å². The molecule has 0 spiro atoms. The maximum Gasteiger partial charge on any atom is 0.336 e. The molecule has 0 aliphatic rings. The van der Waals surface area contributed by atoms with Crippen LogP contribution in [0, 0.1) is 0 Å². The zero-order valence-corrected chi connectivity index (χ0v) is 32.7. The highest BCUT2D eigenvalue weighted by atomic mass is 79.9. The van der Waals surface area contributed by atoms with E-state index in [4.69, 9.17) is 0 Å². The number of carbonyl (C=O) groups excluding carboxylic acids is 4. The number of halogens is 1. The molecule has 0 N–H and O–H groups in total. The monoisotopic (exact) mass is 713 g/mol. The number of imide groups is 6. The smallest absolute Gasteiger partial charge is 0.336 e. The molecular weight excluding hydrogens is 638 g/mol. The summed E-state index contributed by atoms with van der Waals surface area (Å²) in [6, 6.07) is 0. The van der Waals surface area contributed by atoms with Crippen LogP contribution in [-0.4, -0.2) is 28.1 Å². The molecule has 46 heavy (non-hydrogen) atoms. The van der Waals surface area contributed by atoms with E-state index in [-0.39, 0.29) is 42.7 Å². The minimum atomic E-state index is -1.13. The number of nitrogens with zero attached hydrogens (tertiary/aromatic N) is 1. The van der Waals surface area contributed by atoms with E-state index in [2.05, 4.69) is 27.7 Å². The van der Waals surface area contributed by atoms with E-state index in [9.17, 15) is 19.2 Å². The SMILES string of the molecule is CCCCCCCCCC(=O)[N+](C(=O)CCCCCCCCC)(C(=O)CCCCCCCCC)C(=O)CCCCCCCCC.[Br-]. The summed E-state index contributed by atoms with van der Waals surface area (Å²) in [5.74, 6) is -1.79. The van der Waals surface area contributed by atoms with E-state index in [1.165, 1.54) is 77.0 Å². The maximum absolute atomic E-state index is 14.1. The van der Waals surface area contributed by atoms with Gasteiger partial charge in [-0.15, -0.1) is 0 Å². The van der Waals surface area contributed by atoms with Gasteiger partial charge in [0.05, 0.1) is 25.7 Å². The molecule has 0 heterocycles. The van der Waals surface area contributed by atoms with Gasteiger partial charge in [-0.1, -0.05) is 186 Å². The van der Waals surface area contributed by atoms with Gasteiger partial charge in [0.2, 0.25) is 0 Å². The maximum atomic E-state index is 14.1. The molecule has 0 aliphatic carbocycles. The van der Waals surface area contributed by atoms with Crippen LogP contribution in [-0.2, 0) is 19.2 Å². The molecule has 0 unspecified atom stereocenters. The standard InChI is InChI=1S/C40H76NO4.BrH/c1-5-9-13-17-21-25-29-33-37(42)41(38(43)34-30-26-22-18-14-10-6-2,39(44)35-31-27-23-19-15-11-7-3)40(45)36-32-28-24-20-16-12-8-4;/h5-36H2,1-4H3;1H/q+1;/p-1. The Balaban J connectivity index is 0. The van der Waals surface area contributed by atoms with Gasteiger partial charge in [0.25, 0.3) is 0 Å². The lowest BCUT2D eigenvalue weighted by atomic mass is 10.0. The average molecular weight is 715 g/mol. The fourth-order valence-corrected chi connectivity index (χ4v) is 6.44. The summed E-state index contributed by atoms with van der Waals surface area (Å²) in [7, 11) is 0. The number of unbranched alkanes of at least 4 members (excludes halogenated alkanes) is 24. The largest absolute Gasteiger partial charge is 1.00 e. The Kier molecular flexibility index (Phi) is 34.9. The van der Waals surface area contributed by atoms with Crippen molar-refractivity contribution in [3.8, 4) is 0 Å². The minimum absolute atomic E-state index is 0. The Morgan fingerprint density at radius 2 is 0.435 bits per heavy atom. The lowest BCUT2D eigenvalue weighted by Gasteiger charge is -2.29. The van der Waals surface area contributed by atoms with Crippen molar-refractivity contribution in [1.29, 1.82) is 0 Å². The first-order chi connectivity index (χ1) is 21.9. The van der Waals surface area contributed by atoms with Gasteiger partial charge in [-0.3, -0.25) is 0 Å². The lowest BCUT2D eigenvalue weighted by molar-refractivity contribution is -0.629. The molecule has 0 fully saturated rings. The van der Waals surface area contributed by atoms with E-state index in [0.717, 1.165) is 77.0 Å². The number of rotatable bonds is 32. The number of hydrogen-bond acceptors (Lipinski definition) is 4. The topological polar surface area (TPSA) is 68.3 Å². The Hall–Kier alpha value is -0.880. The second kappa shape index (κ2) is 34.0. The second-order valence-electron chi connectivity index (χ2n) is 13.7. The van der Waals surface area contributed by atoms with E-state index in [1.807, 2.05) is 0 Å². The Bertz CT molecular complexity index is 628. The summed E-state index contributed by atoms with van der Waals surface area (Å²) < 4.78 is -1.13. The molecule has 0 aromatic carbocycles. The van der Waals surface area contributed by atoms with Gasteiger partial charge < -0.3 is 17.0 Å². The second-order valence-corrected chi connectivity index (χ2v) is 13.7. The predicted octanol–water partition coefficient (Wildman–Crippen LogP) is 9.48. The average Bonchev–Trinajstić information content (AvgIpc) is 3.03. The molecule has 6 heteroatoms. The summed E-state index contributed by atoms with van der Waals surface area (Å²) in [5.41, 5.74) is 0. The zero-order chi connectivity index (χ0) is 33.4. The number of hydrogen-bond donors (Lipinski definition) is 0. The van der Waals surface area contributed by atoms with E-state index in [0.29, 0.717) is 25.7 Å². The molecule has 0 aliphatic heterocycles. The Morgan fingerprint density at radius 1 is 0.283 bits per heavy atom. The normalized spacial score (nSPS) is 11.4. The fraction of sp³-hybridized carbons (Fsp3) is 0.900. The van der Waals surface area contributed by atoms with Crippen molar-refractivity contribution in [3.05, 3.63) is 0 Å². The van der Waals surface area contributed by atoms with E-state index in [1.54, 1.807) is 0 Å². The molecular formula is C40H76BrNO4. The van der Waals surface area contributed by atoms with Crippen molar-refractivity contribution in [3.63, 3.8) is 0 Å². The third-order valence-electron chi connectivity index (χ3n) is 9.47. The molecule has 272 valence electrons. The van der Waals surface area contributed by atoms with Gasteiger partial charge >= 0.3 is 23.6 Å². The quantitative estimate of drug-likeness (QED) is 0.0515. The van der Waals surface area contributed by atoms with Crippen LogP contribution in [0.15, 0.2) is 0 Å². The first kappa shape index (κ1) is 47.2. The fourth-order valence-electron chi connectivity index (χ4n) is 6.44. The van der Waals surface area contributed by atoms with Gasteiger partial charge in [-0.25, -0.2) is 19.2 Å². The van der Waals surface area contributed by atoms with E-state index < -0.39 is 28.1 Å². The van der Waals surface area contributed by atoms with Crippen LogP contribution >= 0.6 is 0 Å². The Morgan fingerprint density at radius 3 is 0.609 bits per heavy atom. The zero-order valence-electron chi connectivity index (χ0n) is 31.1. The summed E-state index contributed by atoms with van der Waals surface area (Å²) in [4.78, 5) is 56.2. The number of carbonyl (C=O) groups is 4. The lowest BCUT2D eigenvalue weighted by Crippen LogP contribution is -3.00. The molecule has 0 rings (SSSR count). The highest BCUT2D eigenvalue weighted by molar-refractivity contribution is 6.09. The first-order valence-corrected chi connectivity index (χ1v) is 20.0. The van der Waals surface area contributed by atoms with Crippen LogP contribution in [0.3, 0.4) is 0 Å². The molecule has 0 atom stereocenters. The highest BCUT2D eigenvalue weighted by Crippen LogP contribution is 2.25. The van der Waals surface area contributed by atoms with Crippen LogP contribution in [0.1, 0.15) is 233 Å². The van der Waals surface area contributed by atoms with Crippen molar-refractivity contribution in [1.82, 2.24) is 0 Å². The molecule has 0 saturated heterocycles. The highest BCUT2D eigenvalue weighted by Gasteiger charge is 2.55. The molecule has 0 aromatic rings. The summed E-state index contributed by atoms with van der Waals surface area (Å²) >= 11 is 0. The molecule has 0 bridgehead atoms. The Labute approximate surface area is 296 Å². The van der Waals surface area contributed by atoms with Gasteiger partial charge in [0, 0.05) is 0 Å². The van der Waals surface area contributed by atoms with Crippen molar-refractivity contribution >= 4 is 23.6 Å². The van der Waals surface area contributed by atoms with Crippen LogP contribution in [0.25, 0.3) is 0 Å². The van der Waals surface area contributed by atoms with Crippen LogP contribution in [0.2, 0.25) is 0 Å². The van der Waals surface area contributed by atoms with Crippen molar-refractivity contribution < 1.29 is 40.6 Å². The van der Waals surface area contributed by atoms with Gasteiger partial charge in [0.15, 0.2) is 0 Å². The van der Waals surface area contributed by atoms with Crippen molar-refractivity contribution in [2.24, 2.45) is 0 Å². The number of amides is 4. The van der Waals surface area contributed by atoms with Crippen LogP contribution < -0.4 is 17.0 Å². The molecule has 0 saturated carbocycles. The van der Waals surface area contributed by atoms with Gasteiger partial charge in [0.1, 0.15) is 0 Å². The predicted molar refractivity (Wildman–Crippen MR) is 191 cm³/mol. The molecule has 0 aromatic heterocycles. The molecule has 5 nitrogen and oxygen atoms in total. The van der Waals surface area contributed by atoms with Crippen LogP contribution in [0.4, 0.5) is 0 Å². The van der Waals surface area contributed by atoms with Gasteiger partial charge in [-0.2, -0.15) is 0 Å². The molecule has 4 amide bonds. The summed E-state index contributed by atoms with van der Waals surface area (Å²) in [5, 5.41) is 0. The first-order valence-electron chi connectivity index (χ1n) is 20.0. The van der Waals surface area contributed by atoms with Gasteiger partial charge in [-0.05, 0) is 25.7 Å². The molecule has 0 radical (unpaired) electrons. The van der Waals surface area contributed by atoms with Crippen molar-refractivity contribution in [2.45, 2.75) is 233 Å². The van der Waals surface area contributed by atoms with Crippen molar-refractivity contribution in [2.75, 3.05) is 0 Å². The third kappa shape index (κ3) is 21.9. The minimum Gasteiger partial charge on any atom is -1.00 e.